The third-order valence-electron chi connectivity index (χ3n) is 2.50. The average Bonchev–Trinajstić information content (AvgIpc) is 2.23. The fourth-order valence-corrected chi connectivity index (χ4v) is 1.57. The van der Waals surface area contributed by atoms with Crippen LogP contribution in [0.5, 0.6) is 0 Å². The van der Waals surface area contributed by atoms with Crippen LogP contribution in [0.25, 0.3) is 0 Å². The summed E-state index contributed by atoms with van der Waals surface area (Å²) in [6, 6.07) is 4.20. The molecule has 0 fully saturated rings. The minimum atomic E-state index is -0.313. The Bertz CT molecular complexity index is 391. The Balaban J connectivity index is 2.47. The largest absolute Gasteiger partial charge is 0.352 e. The van der Waals surface area contributed by atoms with E-state index >= 15 is 0 Å². The van der Waals surface area contributed by atoms with Crippen molar-refractivity contribution in [1.82, 2.24) is 10.2 Å². The molecule has 0 aliphatic carbocycles. The first-order valence-corrected chi connectivity index (χ1v) is 5.70. The van der Waals surface area contributed by atoms with Crippen molar-refractivity contribution in [2.75, 3.05) is 27.2 Å². The zero-order chi connectivity index (χ0) is 12.8. The molecule has 17 heavy (non-hydrogen) atoms. The molecule has 0 atom stereocenters. The summed E-state index contributed by atoms with van der Waals surface area (Å²) in [6.07, 6.45) is 0.902. The van der Waals surface area contributed by atoms with E-state index in [1.165, 1.54) is 18.2 Å². The van der Waals surface area contributed by atoms with Gasteiger partial charge < -0.3 is 10.2 Å². The van der Waals surface area contributed by atoms with Gasteiger partial charge in [-0.1, -0.05) is 0 Å². The fraction of sp³-hybridized carbons (Fsp3) is 0.462. The maximum absolute atomic E-state index is 12.9. The molecule has 1 aromatic rings. The Labute approximate surface area is 102 Å². The average molecular weight is 238 g/mol. The molecular weight excluding hydrogens is 219 g/mol. The second-order valence-electron chi connectivity index (χ2n) is 4.37. The van der Waals surface area contributed by atoms with Gasteiger partial charge in [-0.25, -0.2) is 4.39 Å². The highest BCUT2D eigenvalue weighted by atomic mass is 19.1. The standard InChI is InChI=1S/C13H19FN2O/c1-10-9-11(14)5-6-12(10)13(17)15-7-4-8-16(2)3/h5-6,9H,4,7-8H2,1-3H3,(H,15,17). The van der Waals surface area contributed by atoms with Crippen LogP contribution < -0.4 is 5.32 Å². The lowest BCUT2D eigenvalue weighted by Crippen LogP contribution is -2.27. The van der Waals surface area contributed by atoms with E-state index in [0.29, 0.717) is 17.7 Å². The van der Waals surface area contributed by atoms with Crippen molar-refractivity contribution in [1.29, 1.82) is 0 Å². The molecule has 0 radical (unpaired) electrons. The summed E-state index contributed by atoms with van der Waals surface area (Å²) in [4.78, 5) is 13.8. The molecule has 0 aliphatic heterocycles. The van der Waals surface area contributed by atoms with E-state index in [-0.39, 0.29) is 11.7 Å². The van der Waals surface area contributed by atoms with Gasteiger partial charge in [0, 0.05) is 12.1 Å². The quantitative estimate of drug-likeness (QED) is 0.794. The number of hydrogen-bond acceptors (Lipinski definition) is 2. The van der Waals surface area contributed by atoms with Crippen LogP contribution in [0.2, 0.25) is 0 Å². The van der Waals surface area contributed by atoms with E-state index < -0.39 is 0 Å². The van der Waals surface area contributed by atoms with E-state index in [2.05, 4.69) is 10.2 Å². The molecule has 1 N–H and O–H groups in total. The molecule has 1 amide bonds. The van der Waals surface area contributed by atoms with Crippen molar-refractivity contribution < 1.29 is 9.18 Å². The monoisotopic (exact) mass is 238 g/mol. The summed E-state index contributed by atoms with van der Waals surface area (Å²) in [7, 11) is 3.98. The van der Waals surface area contributed by atoms with Crippen LogP contribution in [-0.2, 0) is 0 Å². The number of nitrogens with one attached hydrogen (secondary N) is 1. The van der Waals surface area contributed by atoms with Gasteiger partial charge in [-0.2, -0.15) is 0 Å². The number of rotatable bonds is 5. The van der Waals surface area contributed by atoms with E-state index in [4.69, 9.17) is 0 Å². The molecule has 1 aromatic carbocycles. The molecule has 0 saturated heterocycles. The van der Waals surface area contributed by atoms with Gasteiger partial charge in [-0.15, -0.1) is 0 Å². The van der Waals surface area contributed by atoms with Crippen molar-refractivity contribution in [3.8, 4) is 0 Å². The Kier molecular flexibility index (Phi) is 5.10. The highest BCUT2D eigenvalue weighted by Gasteiger charge is 2.08. The molecule has 0 aliphatic rings. The first-order valence-electron chi connectivity index (χ1n) is 5.70. The number of aryl methyl sites for hydroxylation is 1. The van der Waals surface area contributed by atoms with Crippen LogP contribution >= 0.6 is 0 Å². The summed E-state index contributed by atoms with van der Waals surface area (Å²) in [6.45, 7) is 3.30. The maximum atomic E-state index is 12.9. The third kappa shape index (κ3) is 4.53. The lowest BCUT2D eigenvalue weighted by molar-refractivity contribution is 0.0951. The van der Waals surface area contributed by atoms with E-state index in [0.717, 1.165) is 13.0 Å². The lowest BCUT2D eigenvalue weighted by atomic mass is 10.1. The van der Waals surface area contributed by atoms with Crippen LogP contribution in [0.15, 0.2) is 18.2 Å². The molecule has 0 unspecified atom stereocenters. The summed E-state index contributed by atoms with van der Waals surface area (Å²) < 4.78 is 12.9. The molecule has 0 saturated carbocycles. The van der Waals surface area contributed by atoms with Gasteiger partial charge in [-0.05, 0) is 57.7 Å². The number of benzene rings is 1. The molecule has 0 bridgehead atoms. The van der Waals surface area contributed by atoms with E-state index in [9.17, 15) is 9.18 Å². The van der Waals surface area contributed by atoms with Crippen molar-refractivity contribution in [2.45, 2.75) is 13.3 Å². The number of halogens is 1. The zero-order valence-electron chi connectivity index (χ0n) is 10.6. The second kappa shape index (κ2) is 6.35. The first kappa shape index (κ1) is 13.6. The van der Waals surface area contributed by atoms with Crippen LogP contribution in [0.1, 0.15) is 22.3 Å². The highest BCUT2D eigenvalue weighted by molar-refractivity contribution is 5.95. The van der Waals surface area contributed by atoms with E-state index in [1.54, 1.807) is 6.92 Å². The number of carbonyl (C=O) groups is 1. The number of carbonyl (C=O) groups excluding carboxylic acids is 1. The van der Waals surface area contributed by atoms with Gasteiger partial charge >= 0.3 is 0 Å². The molecule has 0 heterocycles. The maximum Gasteiger partial charge on any atom is 0.251 e. The minimum Gasteiger partial charge on any atom is -0.352 e. The third-order valence-corrected chi connectivity index (χ3v) is 2.50. The second-order valence-corrected chi connectivity index (χ2v) is 4.37. The fourth-order valence-electron chi connectivity index (χ4n) is 1.57. The summed E-state index contributed by atoms with van der Waals surface area (Å²) in [5.74, 6) is -0.451. The van der Waals surface area contributed by atoms with Crippen molar-refractivity contribution in [3.63, 3.8) is 0 Å². The topological polar surface area (TPSA) is 32.3 Å². The van der Waals surface area contributed by atoms with Gasteiger partial charge in [-0.3, -0.25) is 4.79 Å². The zero-order valence-corrected chi connectivity index (χ0v) is 10.6. The minimum absolute atomic E-state index is 0.138. The predicted molar refractivity (Wildman–Crippen MR) is 66.6 cm³/mol. The molecule has 1 rings (SSSR count). The molecule has 0 spiro atoms. The van der Waals surface area contributed by atoms with Gasteiger partial charge in [0.1, 0.15) is 5.82 Å². The number of hydrogen-bond donors (Lipinski definition) is 1. The Hall–Kier alpha value is -1.42. The predicted octanol–water partition coefficient (Wildman–Crippen LogP) is 1.82. The van der Waals surface area contributed by atoms with Crippen molar-refractivity contribution in [2.24, 2.45) is 0 Å². The molecule has 4 heteroatoms. The van der Waals surface area contributed by atoms with Crippen molar-refractivity contribution >= 4 is 5.91 Å². The lowest BCUT2D eigenvalue weighted by Gasteiger charge is -2.10. The van der Waals surface area contributed by atoms with Crippen LogP contribution in [0.4, 0.5) is 4.39 Å². The van der Waals surface area contributed by atoms with Gasteiger partial charge in [0.25, 0.3) is 5.91 Å². The summed E-state index contributed by atoms with van der Waals surface area (Å²) in [5.41, 5.74) is 1.20. The van der Waals surface area contributed by atoms with Gasteiger partial charge in [0.2, 0.25) is 0 Å². The normalized spacial score (nSPS) is 10.6. The van der Waals surface area contributed by atoms with Crippen LogP contribution in [0.3, 0.4) is 0 Å². The van der Waals surface area contributed by atoms with Crippen LogP contribution in [-0.4, -0.2) is 38.0 Å². The van der Waals surface area contributed by atoms with E-state index in [1.807, 2.05) is 14.1 Å². The Morgan fingerprint density at radius 3 is 2.71 bits per heavy atom. The smallest absolute Gasteiger partial charge is 0.251 e. The van der Waals surface area contributed by atoms with Crippen molar-refractivity contribution in [3.05, 3.63) is 35.1 Å². The highest BCUT2D eigenvalue weighted by Crippen LogP contribution is 2.09. The van der Waals surface area contributed by atoms with Gasteiger partial charge in [0.15, 0.2) is 0 Å². The van der Waals surface area contributed by atoms with Crippen LogP contribution in [0, 0.1) is 12.7 Å². The Morgan fingerprint density at radius 2 is 2.12 bits per heavy atom. The summed E-state index contributed by atoms with van der Waals surface area (Å²) >= 11 is 0. The number of nitrogens with zero attached hydrogens (tertiary/aromatic N) is 1. The number of amides is 1. The SMILES string of the molecule is Cc1cc(F)ccc1C(=O)NCCCN(C)C. The Morgan fingerprint density at radius 1 is 1.41 bits per heavy atom. The van der Waals surface area contributed by atoms with Gasteiger partial charge in [0.05, 0.1) is 0 Å². The first-order chi connectivity index (χ1) is 8.00. The molecular formula is C13H19FN2O. The molecule has 3 nitrogen and oxygen atoms in total. The molecule has 0 aromatic heterocycles. The summed E-state index contributed by atoms with van der Waals surface area (Å²) in [5, 5.41) is 2.83. The molecule has 94 valence electrons.